The van der Waals surface area contributed by atoms with Crippen LogP contribution in [0, 0.1) is 42.9 Å². The van der Waals surface area contributed by atoms with E-state index in [1.54, 1.807) is 0 Å². The topological polar surface area (TPSA) is 153 Å². The molecule has 174 valence electrons. The van der Waals surface area contributed by atoms with E-state index in [2.05, 4.69) is 27.8 Å². The standard InChI is InChI=1S/C13H20N2O4.C10H10O3/c1-2-3-6-12(17)15-9-11(16)8-10(13(18)19)5-4-7-14;1-3-5-7-9(11)13-10(12)8-6-4-2/h1,10H,3-9,14H2,(H,15,17)(H,18,19);1-2H,5-8H2. The van der Waals surface area contributed by atoms with E-state index in [-0.39, 0.29) is 56.8 Å². The Balaban J connectivity index is 0. The summed E-state index contributed by atoms with van der Waals surface area (Å²) in [6.45, 7) is 0.233. The van der Waals surface area contributed by atoms with Crippen LogP contribution in [-0.2, 0) is 28.7 Å². The minimum absolute atomic E-state index is 0.0678. The Morgan fingerprint density at radius 2 is 1.41 bits per heavy atom. The van der Waals surface area contributed by atoms with E-state index in [9.17, 15) is 24.0 Å². The summed E-state index contributed by atoms with van der Waals surface area (Å²) in [4.78, 5) is 55.2. The van der Waals surface area contributed by atoms with Gasteiger partial charge in [0, 0.05) is 32.1 Å². The number of nitrogens with two attached hydrogens (primary N) is 1. The number of rotatable bonds is 14. The molecule has 1 amide bonds. The zero-order valence-electron chi connectivity index (χ0n) is 18.1. The van der Waals surface area contributed by atoms with E-state index in [4.69, 9.17) is 30.1 Å². The van der Waals surface area contributed by atoms with E-state index in [0.29, 0.717) is 25.8 Å². The van der Waals surface area contributed by atoms with Gasteiger partial charge in [-0.1, -0.05) is 0 Å². The number of ether oxygens (including phenoxy) is 1. The highest BCUT2D eigenvalue weighted by Crippen LogP contribution is 2.11. The van der Waals surface area contributed by atoms with Crippen molar-refractivity contribution in [2.45, 2.75) is 57.8 Å². The first kappa shape index (κ1) is 30.6. The second-order valence-electron chi connectivity index (χ2n) is 6.44. The monoisotopic (exact) mass is 446 g/mol. The number of carbonyl (C=O) groups excluding carboxylic acids is 4. The number of carbonyl (C=O) groups is 5. The fourth-order valence-corrected chi connectivity index (χ4v) is 2.07. The van der Waals surface area contributed by atoms with Gasteiger partial charge in [0.1, 0.15) is 0 Å². The molecule has 32 heavy (non-hydrogen) atoms. The molecule has 0 rings (SSSR count). The van der Waals surface area contributed by atoms with Crippen molar-refractivity contribution >= 4 is 29.6 Å². The zero-order chi connectivity index (χ0) is 24.8. The smallest absolute Gasteiger partial charge is 0.314 e. The molecule has 0 fully saturated rings. The van der Waals surface area contributed by atoms with Gasteiger partial charge in [-0.15, -0.1) is 37.0 Å². The Morgan fingerprint density at radius 3 is 1.84 bits per heavy atom. The third-order valence-electron chi connectivity index (χ3n) is 3.73. The first-order chi connectivity index (χ1) is 15.2. The summed E-state index contributed by atoms with van der Waals surface area (Å²) in [6, 6.07) is 0. The zero-order valence-corrected chi connectivity index (χ0v) is 18.1. The van der Waals surface area contributed by atoms with Crippen LogP contribution >= 0.6 is 0 Å². The molecule has 0 spiro atoms. The molecular formula is C23H30N2O7. The lowest BCUT2D eigenvalue weighted by Gasteiger charge is -2.11. The van der Waals surface area contributed by atoms with Crippen LogP contribution < -0.4 is 11.1 Å². The Labute approximate surface area is 188 Å². The predicted molar refractivity (Wildman–Crippen MR) is 117 cm³/mol. The van der Waals surface area contributed by atoms with Gasteiger partial charge in [0.25, 0.3) is 0 Å². The molecule has 4 N–H and O–H groups in total. The highest BCUT2D eigenvalue weighted by molar-refractivity contribution is 5.88. The van der Waals surface area contributed by atoms with Crippen molar-refractivity contribution in [1.29, 1.82) is 0 Å². The summed E-state index contributed by atoms with van der Waals surface area (Å²) >= 11 is 0. The number of amides is 1. The van der Waals surface area contributed by atoms with Crippen molar-refractivity contribution in [1.82, 2.24) is 5.32 Å². The van der Waals surface area contributed by atoms with Gasteiger partial charge in [-0.05, 0) is 19.4 Å². The first-order valence-electron chi connectivity index (χ1n) is 9.96. The molecule has 0 saturated carbocycles. The molecule has 1 atom stereocenters. The van der Waals surface area contributed by atoms with Crippen LogP contribution in [0.5, 0.6) is 0 Å². The maximum atomic E-state index is 11.5. The average Bonchev–Trinajstić information content (AvgIpc) is 2.76. The molecular weight excluding hydrogens is 416 g/mol. The number of hydrogen-bond acceptors (Lipinski definition) is 7. The Bertz CT molecular complexity index is 726. The second-order valence-corrected chi connectivity index (χ2v) is 6.44. The predicted octanol–water partition coefficient (Wildman–Crippen LogP) is 0.798. The lowest BCUT2D eigenvalue weighted by molar-refractivity contribution is -0.159. The third kappa shape index (κ3) is 19.7. The Morgan fingerprint density at radius 1 is 0.906 bits per heavy atom. The van der Waals surface area contributed by atoms with Crippen LogP contribution in [0.15, 0.2) is 0 Å². The van der Waals surface area contributed by atoms with Gasteiger partial charge in [-0.3, -0.25) is 24.0 Å². The maximum absolute atomic E-state index is 11.5. The molecule has 0 saturated heterocycles. The number of nitrogens with one attached hydrogen (secondary N) is 1. The SMILES string of the molecule is C#CCCC(=O)NCC(=O)CC(CCCN)C(=O)O.C#CCCC(=O)OC(=O)CCC#C. The number of ketones is 1. The highest BCUT2D eigenvalue weighted by atomic mass is 16.6. The average molecular weight is 447 g/mol. The molecule has 0 bridgehead atoms. The van der Waals surface area contributed by atoms with Gasteiger partial charge in [-0.25, -0.2) is 0 Å². The molecule has 0 heterocycles. The highest BCUT2D eigenvalue weighted by Gasteiger charge is 2.20. The van der Waals surface area contributed by atoms with Gasteiger partial charge in [0.05, 0.1) is 25.3 Å². The van der Waals surface area contributed by atoms with E-state index in [1.807, 2.05) is 0 Å². The molecule has 0 aromatic carbocycles. The molecule has 1 unspecified atom stereocenters. The molecule has 9 nitrogen and oxygen atoms in total. The summed E-state index contributed by atoms with van der Waals surface area (Å²) in [5.41, 5.74) is 5.30. The van der Waals surface area contributed by atoms with Gasteiger partial charge in [-0.2, -0.15) is 0 Å². The summed E-state index contributed by atoms with van der Waals surface area (Å²) in [7, 11) is 0. The number of carboxylic acid groups (broad SMARTS) is 1. The van der Waals surface area contributed by atoms with Crippen molar-refractivity contribution in [3.63, 3.8) is 0 Å². The molecule has 0 aromatic heterocycles. The quantitative estimate of drug-likeness (QED) is 0.201. The minimum atomic E-state index is -1.01. The number of terminal acetylenes is 3. The fourth-order valence-electron chi connectivity index (χ4n) is 2.07. The second kappa shape index (κ2) is 20.7. The molecule has 0 aliphatic carbocycles. The molecule has 0 aliphatic heterocycles. The normalized spacial score (nSPS) is 10.1. The van der Waals surface area contributed by atoms with Gasteiger partial charge in [0.15, 0.2) is 5.78 Å². The van der Waals surface area contributed by atoms with E-state index in [1.165, 1.54) is 0 Å². The van der Waals surface area contributed by atoms with Gasteiger partial charge < -0.3 is 20.9 Å². The van der Waals surface area contributed by atoms with Crippen molar-refractivity contribution in [3.8, 4) is 37.0 Å². The van der Waals surface area contributed by atoms with E-state index >= 15 is 0 Å². The van der Waals surface area contributed by atoms with Crippen LogP contribution in [0.1, 0.15) is 57.8 Å². The summed E-state index contributed by atoms with van der Waals surface area (Å²) in [5.74, 6) is 3.30. The number of carboxylic acids is 1. The van der Waals surface area contributed by atoms with Gasteiger partial charge >= 0.3 is 17.9 Å². The largest absolute Gasteiger partial charge is 0.481 e. The number of hydrogen-bond donors (Lipinski definition) is 3. The van der Waals surface area contributed by atoms with Crippen LogP contribution in [0.3, 0.4) is 0 Å². The van der Waals surface area contributed by atoms with Gasteiger partial charge in [0.2, 0.25) is 5.91 Å². The fraction of sp³-hybridized carbons (Fsp3) is 0.522. The van der Waals surface area contributed by atoms with Crippen LogP contribution in [-0.4, -0.2) is 47.8 Å². The van der Waals surface area contributed by atoms with E-state index in [0.717, 1.165) is 0 Å². The summed E-state index contributed by atoms with van der Waals surface area (Å²) < 4.78 is 4.39. The third-order valence-corrected chi connectivity index (χ3v) is 3.73. The minimum Gasteiger partial charge on any atom is -0.481 e. The molecule has 0 radical (unpaired) electrons. The van der Waals surface area contributed by atoms with Crippen LogP contribution in [0.4, 0.5) is 0 Å². The Hall–Kier alpha value is -3.61. The maximum Gasteiger partial charge on any atom is 0.314 e. The van der Waals surface area contributed by atoms with Crippen molar-refractivity contribution in [3.05, 3.63) is 0 Å². The number of aliphatic carboxylic acids is 1. The lowest BCUT2D eigenvalue weighted by atomic mass is 9.97. The number of Topliss-reactive ketones (excluding diaryl/α,β-unsaturated/α-hetero) is 1. The first-order valence-corrected chi connectivity index (χ1v) is 9.96. The van der Waals surface area contributed by atoms with Crippen LogP contribution in [0.2, 0.25) is 0 Å². The van der Waals surface area contributed by atoms with Crippen LogP contribution in [0.25, 0.3) is 0 Å². The number of esters is 2. The molecule has 0 aliphatic rings. The summed E-state index contributed by atoms with van der Waals surface area (Å²) in [5, 5.41) is 11.4. The van der Waals surface area contributed by atoms with Crippen molar-refractivity contribution in [2.24, 2.45) is 11.7 Å². The molecule has 0 aromatic rings. The molecule has 9 heteroatoms. The lowest BCUT2D eigenvalue weighted by Crippen LogP contribution is -2.31. The van der Waals surface area contributed by atoms with E-state index < -0.39 is 23.8 Å². The van der Waals surface area contributed by atoms with Crippen molar-refractivity contribution in [2.75, 3.05) is 13.1 Å². The van der Waals surface area contributed by atoms with Crippen molar-refractivity contribution < 1.29 is 33.8 Å². The Kier molecular flexibility index (Phi) is 19.7. The summed E-state index contributed by atoms with van der Waals surface area (Å²) in [6.07, 6.45) is 16.8.